The molecule has 0 aromatic heterocycles. The average molecular weight is 701 g/mol. The molecule has 49 heavy (non-hydrogen) atoms. The van der Waals surface area contributed by atoms with Gasteiger partial charge in [0.25, 0.3) is 0 Å². The number of nitrogens with two attached hydrogens (primary N) is 1. The molecule has 8 aliphatic rings. The van der Waals surface area contributed by atoms with E-state index in [1.54, 1.807) is 12.4 Å². The fourth-order valence-corrected chi connectivity index (χ4v) is 9.39. The van der Waals surface area contributed by atoms with E-state index in [2.05, 4.69) is 27.3 Å². The fourth-order valence-electron chi connectivity index (χ4n) is 9.01. The molecule has 0 aromatic rings. The van der Waals surface area contributed by atoms with Gasteiger partial charge in [0.15, 0.2) is 5.83 Å². The van der Waals surface area contributed by atoms with Gasteiger partial charge < -0.3 is 19.9 Å². The van der Waals surface area contributed by atoms with Gasteiger partial charge in [-0.05, 0) is 61.6 Å². The van der Waals surface area contributed by atoms with Crippen molar-refractivity contribution in [1.29, 1.82) is 0 Å². The summed E-state index contributed by atoms with van der Waals surface area (Å²) >= 11 is 6.95. The maximum absolute atomic E-state index is 17.3. The van der Waals surface area contributed by atoms with Crippen LogP contribution in [-0.2, 0) is 14.2 Å². The van der Waals surface area contributed by atoms with E-state index in [1.807, 2.05) is 6.08 Å². The van der Waals surface area contributed by atoms with Crippen molar-refractivity contribution in [3.05, 3.63) is 33.9 Å². The summed E-state index contributed by atoms with van der Waals surface area (Å²) in [5, 5.41) is 4.83. The molecule has 1 amide bonds. The molecule has 0 bridgehead atoms. The summed E-state index contributed by atoms with van der Waals surface area (Å²) in [4.78, 5) is 30.1. The SMILES string of the molecule is C[C@@H]1COCCN(C2N=C(OC[C@@]34CCCN3C[C@H](F)C4)N=C3C(F)=C(C4C([C@@H]5C[C@@H]5CCOC(N)=O)=C(Cl)C=C5NN=CC54)N=CC32)C1. The van der Waals surface area contributed by atoms with Crippen LogP contribution < -0.4 is 11.2 Å². The summed E-state index contributed by atoms with van der Waals surface area (Å²) in [6.45, 7) is 6.34. The summed E-state index contributed by atoms with van der Waals surface area (Å²) in [6.07, 6.45) is 6.91. The molecule has 4 unspecified atom stereocenters. The molecule has 0 aromatic carbocycles. The van der Waals surface area contributed by atoms with Gasteiger partial charge in [-0.25, -0.2) is 18.6 Å². The van der Waals surface area contributed by atoms with E-state index in [9.17, 15) is 9.18 Å². The van der Waals surface area contributed by atoms with Crippen LogP contribution in [0.25, 0.3) is 0 Å². The number of nitrogens with one attached hydrogen (secondary N) is 1. The quantitative estimate of drug-likeness (QED) is 0.392. The van der Waals surface area contributed by atoms with E-state index in [0.717, 1.165) is 37.1 Å². The third kappa shape index (κ3) is 6.23. The first-order valence-electron chi connectivity index (χ1n) is 17.5. The second kappa shape index (κ2) is 13.2. The second-order valence-electron chi connectivity index (χ2n) is 14.7. The minimum atomic E-state index is -0.893. The number of hydrazone groups is 1. The number of halogens is 3. The van der Waals surface area contributed by atoms with Gasteiger partial charge in [-0.2, -0.15) is 10.1 Å². The lowest BCUT2D eigenvalue weighted by molar-refractivity contribution is 0.101. The zero-order valence-corrected chi connectivity index (χ0v) is 28.3. The van der Waals surface area contributed by atoms with Crippen molar-refractivity contribution < 1.29 is 27.8 Å². The lowest BCUT2D eigenvalue weighted by atomic mass is 9.75. The van der Waals surface area contributed by atoms with Crippen molar-refractivity contribution in [3.63, 3.8) is 0 Å². The summed E-state index contributed by atoms with van der Waals surface area (Å²) in [5.41, 5.74) is 9.94. The van der Waals surface area contributed by atoms with Gasteiger partial charge in [0.1, 0.15) is 18.9 Å². The highest BCUT2D eigenvalue weighted by Gasteiger charge is 2.52. The van der Waals surface area contributed by atoms with Crippen molar-refractivity contribution in [2.75, 3.05) is 52.6 Å². The fraction of sp³-hybridized carbons (Fsp3) is 0.676. The smallest absolute Gasteiger partial charge is 0.404 e. The summed E-state index contributed by atoms with van der Waals surface area (Å²) in [6, 6.07) is 0.112. The molecule has 15 heteroatoms. The van der Waals surface area contributed by atoms with Crippen LogP contribution in [0.3, 0.4) is 0 Å². The molecule has 2 aliphatic carbocycles. The van der Waals surface area contributed by atoms with Crippen molar-refractivity contribution in [3.8, 4) is 0 Å². The van der Waals surface area contributed by atoms with Gasteiger partial charge in [-0.1, -0.05) is 18.5 Å². The topological polar surface area (TPSA) is 139 Å². The minimum absolute atomic E-state index is 0.0634. The molecule has 3 saturated heterocycles. The van der Waals surface area contributed by atoms with E-state index < -0.39 is 41.6 Å². The average Bonchev–Trinajstić information content (AvgIpc) is 3.39. The Kier molecular flexibility index (Phi) is 8.86. The summed E-state index contributed by atoms with van der Waals surface area (Å²) < 4.78 is 49.0. The summed E-state index contributed by atoms with van der Waals surface area (Å²) in [7, 11) is 0. The molecule has 0 spiro atoms. The normalized spacial score (nSPS) is 38.7. The molecule has 8 rings (SSSR count). The Morgan fingerprint density at radius 2 is 2.14 bits per heavy atom. The molecule has 6 aliphatic heterocycles. The molecule has 9 atom stereocenters. The van der Waals surface area contributed by atoms with Crippen LogP contribution in [0.5, 0.6) is 0 Å². The molecule has 12 nitrogen and oxygen atoms in total. The number of hydrogen-bond acceptors (Lipinski definition) is 11. The van der Waals surface area contributed by atoms with Crippen LogP contribution in [0.1, 0.15) is 39.0 Å². The van der Waals surface area contributed by atoms with Gasteiger partial charge in [-0.3, -0.25) is 20.2 Å². The number of nitrogens with zero attached hydrogens (tertiary/aromatic N) is 6. The Bertz CT molecular complexity index is 1600. The van der Waals surface area contributed by atoms with Crippen molar-refractivity contribution >= 4 is 41.9 Å². The zero-order valence-electron chi connectivity index (χ0n) is 27.6. The second-order valence-corrected chi connectivity index (χ2v) is 15.1. The van der Waals surface area contributed by atoms with Crippen LogP contribution in [0.2, 0.25) is 0 Å². The lowest BCUT2D eigenvalue weighted by Crippen LogP contribution is -2.49. The number of amidine groups is 1. The van der Waals surface area contributed by atoms with E-state index in [0.29, 0.717) is 50.7 Å². The van der Waals surface area contributed by atoms with E-state index >= 15 is 4.39 Å². The first kappa shape index (κ1) is 33.0. The lowest BCUT2D eigenvalue weighted by Gasteiger charge is -2.38. The highest BCUT2D eigenvalue weighted by atomic mass is 35.5. The number of primary amides is 1. The van der Waals surface area contributed by atoms with E-state index in [-0.39, 0.29) is 54.3 Å². The highest BCUT2D eigenvalue weighted by Crippen LogP contribution is 2.56. The van der Waals surface area contributed by atoms with Crippen LogP contribution >= 0.6 is 11.6 Å². The highest BCUT2D eigenvalue weighted by molar-refractivity contribution is 6.32. The third-order valence-corrected chi connectivity index (χ3v) is 11.7. The van der Waals surface area contributed by atoms with Crippen LogP contribution in [0, 0.1) is 35.5 Å². The number of fused-ring (bicyclic) bond motifs is 3. The Morgan fingerprint density at radius 3 is 3.00 bits per heavy atom. The number of carbonyl (C=O) groups is 1. The zero-order chi connectivity index (χ0) is 33.9. The third-order valence-electron chi connectivity index (χ3n) is 11.4. The van der Waals surface area contributed by atoms with Gasteiger partial charge in [0.05, 0.1) is 48.6 Å². The molecular formula is C34H43ClF2N8O4. The molecule has 3 N–H and O–H groups in total. The van der Waals surface area contributed by atoms with Gasteiger partial charge in [0, 0.05) is 55.1 Å². The minimum Gasteiger partial charge on any atom is -0.462 e. The monoisotopic (exact) mass is 700 g/mol. The molecule has 4 fully saturated rings. The van der Waals surface area contributed by atoms with Gasteiger partial charge in [0.2, 0.25) is 0 Å². The Hall–Kier alpha value is -3.20. The predicted octanol–water partition coefficient (Wildman–Crippen LogP) is 3.90. The molecule has 264 valence electrons. The van der Waals surface area contributed by atoms with E-state index in [4.69, 9.17) is 46.5 Å². The Balaban J connectivity index is 1.12. The Morgan fingerprint density at radius 1 is 1.27 bits per heavy atom. The number of aliphatic imine (C=N–C) groups is 3. The largest absolute Gasteiger partial charge is 0.462 e. The Labute approximate surface area is 289 Å². The molecule has 1 saturated carbocycles. The maximum atomic E-state index is 17.3. The maximum Gasteiger partial charge on any atom is 0.404 e. The van der Waals surface area contributed by atoms with Crippen molar-refractivity contribution in [2.45, 2.75) is 56.9 Å². The van der Waals surface area contributed by atoms with Crippen LogP contribution in [0.15, 0.2) is 54.0 Å². The number of allylic oxidation sites excluding steroid dienone is 5. The first-order chi connectivity index (χ1) is 23.7. The van der Waals surface area contributed by atoms with E-state index in [1.165, 1.54) is 0 Å². The van der Waals surface area contributed by atoms with Gasteiger partial charge in [-0.15, -0.1) is 0 Å². The van der Waals surface area contributed by atoms with Crippen LogP contribution in [-0.4, -0.2) is 111 Å². The number of alkyl halides is 1. The van der Waals surface area contributed by atoms with Crippen molar-refractivity contribution in [1.82, 2.24) is 15.2 Å². The van der Waals surface area contributed by atoms with Crippen LogP contribution in [0.4, 0.5) is 13.6 Å². The number of hydrogen-bond donors (Lipinski definition) is 2. The standard InChI is InChI=1S/C34H43ClF2N8O4/c1-18-14-44(6-8-47-16-18)31-23-12-39-30(28(37)29(23)41-33(42-31)49-17-34-4-2-5-45(34)15-20(36)11-34)27-22-13-40-43-25(22)10-24(35)26(27)21-9-19(21)3-7-48-32(38)46/h10,12-13,18-23,27,31,43H,2-9,11,14-17H2,1H3,(H2,38,46)/t18-,19-,20+,21+,22?,23?,27?,31?,34-/m0/s1. The first-order valence-corrected chi connectivity index (χ1v) is 17.9. The molecular weight excluding hydrogens is 658 g/mol. The van der Waals surface area contributed by atoms with Gasteiger partial charge >= 0.3 is 12.1 Å². The number of rotatable bonds is 8. The van der Waals surface area contributed by atoms with Crippen molar-refractivity contribution in [2.24, 2.45) is 61.3 Å². The molecule has 6 heterocycles. The molecule has 0 radical (unpaired) electrons. The number of amides is 1. The predicted molar refractivity (Wildman–Crippen MR) is 181 cm³/mol. The number of carbonyl (C=O) groups excluding carboxylic acids is 1. The number of ether oxygens (including phenoxy) is 3. The summed E-state index contributed by atoms with van der Waals surface area (Å²) in [5.74, 6) is -1.33.